The lowest BCUT2D eigenvalue weighted by molar-refractivity contribution is -0.135. The van der Waals surface area contributed by atoms with Crippen LogP contribution in [-0.4, -0.2) is 35.6 Å². The Morgan fingerprint density at radius 1 is 1.36 bits per heavy atom. The number of alkyl halides is 2. The van der Waals surface area contributed by atoms with Crippen LogP contribution in [0, 0.1) is 5.92 Å². The summed E-state index contributed by atoms with van der Waals surface area (Å²) in [5.41, 5.74) is 0. The number of carbonyl (C=O) groups excluding carboxylic acids is 2. The number of halogens is 2. The highest BCUT2D eigenvalue weighted by molar-refractivity contribution is 5.87. The Labute approximate surface area is 81.1 Å². The monoisotopic (exact) mass is 205 g/mol. The van der Waals surface area contributed by atoms with Crippen LogP contribution in [0.3, 0.4) is 0 Å². The van der Waals surface area contributed by atoms with Crippen LogP contribution in [0.5, 0.6) is 0 Å². The third-order valence-corrected chi connectivity index (χ3v) is 2.56. The van der Waals surface area contributed by atoms with E-state index in [9.17, 15) is 18.4 Å². The molecule has 1 aliphatic heterocycles. The average molecular weight is 205 g/mol. The standard InChI is InChI=1S/C9H13F2NO2/c1-5(13)8-3-7(9(10)11)4-12(8)6(2)14/h7-9H,3-4H2,1-2H3/t7-,8+/m1/s1. The second-order valence-corrected chi connectivity index (χ2v) is 3.63. The van der Waals surface area contributed by atoms with Crippen LogP contribution in [0.15, 0.2) is 0 Å². The molecule has 0 radical (unpaired) electrons. The van der Waals surface area contributed by atoms with Crippen molar-refractivity contribution in [1.29, 1.82) is 0 Å². The van der Waals surface area contributed by atoms with Crippen LogP contribution in [0.25, 0.3) is 0 Å². The second-order valence-electron chi connectivity index (χ2n) is 3.63. The first-order valence-electron chi connectivity index (χ1n) is 4.49. The first kappa shape index (κ1) is 11.1. The SMILES string of the molecule is CC(=O)[C@@H]1C[C@@H](C(F)F)CN1C(C)=O. The van der Waals surface area contributed by atoms with E-state index in [1.807, 2.05) is 0 Å². The number of carbonyl (C=O) groups is 2. The smallest absolute Gasteiger partial charge is 0.243 e. The van der Waals surface area contributed by atoms with Gasteiger partial charge in [0.1, 0.15) is 0 Å². The van der Waals surface area contributed by atoms with Gasteiger partial charge in [0, 0.05) is 19.4 Å². The van der Waals surface area contributed by atoms with E-state index in [1.165, 1.54) is 18.7 Å². The van der Waals surface area contributed by atoms with Gasteiger partial charge < -0.3 is 4.90 Å². The molecule has 1 saturated heterocycles. The molecule has 0 bridgehead atoms. The Kier molecular flexibility index (Phi) is 3.18. The number of amides is 1. The molecule has 0 aromatic rings. The van der Waals surface area contributed by atoms with E-state index in [4.69, 9.17) is 0 Å². The minimum atomic E-state index is -2.46. The Balaban J connectivity index is 2.75. The highest BCUT2D eigenvalue weighted by atomic mass is 19.3. The van der Waals surface area contributed by atoms with Crippen LogP contribution in [-0.2, 0) is 9.59 Å². The normalized spacial score (nSPS) is 27.1. The van der Waals surface area contributed by atoms with Gasteiger partial charge in [0.25, 0.3) is 0 Å². The van der Waals surface area contributed by atoms with Gasteiger partial charge in [-0.25, -0.2) is 8.78 Å². The van der Waals surface area contributed by atoms with E-state index < -0.39 is 18.4 Å². The summed E-state index contributed by atoms with van der Waals surface area (Å²) in [7, 11) is 0. The molecular weight excluding hydrogens is 192 g/mol. The van der Waals surface area contributed by atoms with Gasteiger partial charge in [-0.2, -0.15) is 0 Å². The fourth-order valence-electron chi connectivity index (χ4n) is 1.78. The van der Waals surface area contributed by atoms with Crippen molar-refractivity contribution in [3.05, 3.63) is 0 Å². The van der Waals surface area contributed by atoms with Crippen molar-refractivity contribution in [2.45, 2.75) is 32.7 Å². The molecular formula is C9H13F2NO2. The lowest BCUT2D eigenvalue weighted by Crippen LogP contribution is -2.38. The summed E-state index contributed by atoms with van der Waals surface area (Å²) in [4.78, 5) is 23.4. The van der Waals surface area contributed by atoms with Crippen LogP contribution in [0.4, 0.5) is 8.78 Å². The van der Waals surface area contributed by atoms with E-state index >= 15 is 0 Å². The van der Waals surface area contributed by atoms with Crippen molar-refractivity contribution in [1.82, 2.24) is 4.90 Å². The van der Waals surface area contributed by atoms with Gasteiger partial charge in [-0.1, -0.05) is 0 Å². The van der Waals surface area contributed by atoms with Gasteiger partial charge in [-0.3, -0.25) is 9.59 Å². The molecule has 1 amide bonds. The van der Waals surface area contributed by atoms with E-state index in [0.29, 0.717) is 0 Å². The lowest BCUT2D eigenvalue weighted by atomic mass is 10.0. The molecule has 5 heteroatoms. The summed E-state index contributed by atoms with van der Waals surface area (Å²) in [6.07, 6.45) is -2.37. The fraction of sp³-hybridized carbons (Fsp3) is 0.778. The molecule has 1 fully saturated rings. The Morgan fingerprint density at radius 3 is 2.21 bits per heavy atom. The average Bonchev–Trinajstić information content (AvgIpc) is 2.47. The molecule has 0 N–H and O–H groups in total. The number of Topliss-reactive ketones (excluding diaryl/α,β-unsaturated/α-hetero) is 1. The predicted octanol–water partition coefficient (Wildman–Crippen LogP) is 1.08. The van der Waals surface area contributed by atoms with Gasteiger partial charge in [0.05, 0.1) is 6.04 Å². The summed E-state index contributed by atoms with van der Waals surface area (Å²) in [5.74, 6) is -1.38. The molecule has 0 aromatic carbocycles. The molecule has 0 aliphatic carbocycles. The van der Waals surface area contributed by atoms with Crippen molar-refractivity contribution in [3.8, 4) is 0 Å². The number of hydrogen-bond acceptors (Lipinski definition) is 2. The number of rotatable bonds is 2. The zero-order valence-electron chi connectivity index (χ0n) is 8.17. The minimum Gasteiger partial charge on any atom is -0.332 e. The topological polar surface area (TPSA) is 37.4 Å². The zero-order chi connectivity index (χ0) is 10.9. The van der Waals surface area contributed by atoms with E-state index in [-0.39, 0.29) is 24.7 Å². The highest BCUT2D eigenvalue weighted by Crippen LogP contribution is 2.28. The molecule has 0 unspecified atom stereocenters. The van der Waals surface area contributed by atoms with Crippen molar-refractivity contribution in [2.24, 2.45) is 5.92 Å². The van der Waals surface area contributed by atoms with Gasteiger partial charge >= 0.3 is 0 Å². The van der Waals surface area contributed by atoms with Crippen LogP contribution in [0.1, 0.15) is 20.3 Å². The highest BCUT2D eigenvalue weighted by Gasteiger charge is 2.40. The number of hydrogen-bond donors (Lipinski definition) is 0. The molecule has 2 atom stereocenters. The molecule has 1 heterocycles. The molecule has 1 aliphatic rings. The van der Waals surface area contributed by atoms with Gasteiger partial charge in [-0.05, 0) is 13.3 Å². The maximum Gasteiger partial charge on any atom is 0.243 e. The molecule has 3 nitrogen and oxygen atoms in total. The predicted molar refractivity (Wildman–Crippen MR) is 46.0 cm³/mol. The van der Waals surface area contributed by atoms with E-state index in [0.717, 1.165) is 0 Å². The first-order chi connectivity index (χ1) is 6.43. The summed E-state index contributed by atoms with van der Waals surface area (Å²) in [5, 5.41) is 0. The molecule has 80 valence electrons. The number of ketones is 1. The summed E-state index contributed by atoms with van der Waals surface area (Å²) >= 11 is 0. The summed E-state index contributed by atoms with van der Waals surface area (Å²) in [6, 6.07) is -0.647. The number of nitrogens with zero attached hydrogens (tertiary/aromatic N) is 1. The third-order valence-electron chi connectivity index (χ3n) is 2.56. The molecule has 14 heavy (non-hydrogen) atoms. The van der Waals surface area contributed by atoms with Crippen molar-refractivity contribution < 1.29 is 18.4 Å². The molecule has 0 spiro atoms. The lowest BCUT2D eigenvalue weighted by Gasteiger charge is -2.20. The fourth-order valence-corrected chi connectivity index (χ4v) is 1.78. The third kappa shape index (κ3) is 2.08. The van der Waals surface area contributed by atoms with Gasteiger partial charge in [0.2, 0.25) is 12.3 Å². The van der Waals surface area contributed by atoms with Crippen LogP contribution >= 0.6 is 0 Å². The first-order valence-corrected chi connectivity index (χ1v) is 4.49. The van der Waals surface area contributed by atoms with E-state index in [2.05, 4.69) is 0 Å². The second kappa shape index (κ2) is 4.02. The maximum atomic E-state index is 12.4. The van der Waals surface area contributed by atoms with Gasteiger partial charge in [0.15, 0.2) is 5.78 Å². The zero-order valence-corrected chi connectivity index (χ0v) is 8.17. The Morgan fingerprint density at radius 2 is 1.93 bits per heavy atom. The summed E-state index contributed by atoms with van der Waals surface area (Å²) < 4.78 is 24.7. The maximum absolute atomic E-state index is 12.4. The molecule has 1 rings (SSSR count). The quantitative estimate of drug-likeness (QED) is 0.676. The Bertz CT molecular complexity index is 233. The van der Waals surface area contributed by atoms with Gasteiger partial charge in [-0.15, -0.1) is 0 Å². The number of likely N-dealkylation sites (tertiary alicyclic amines) is 1. The summed E-state index contributed by atoms with van der Waals surface area (Å²) in [6.45, 7) is 2.62. The minimum absolute atomic E-state index is 0.00273. The van der Waals surface area contributed by atoms with Crippen LogP contribution in [0.2, 0.25) is 0 Å². The molecule has 0 saturated carbocycles. The van der Waals surface area contributed by atoms with Crippen molar-refractivity contribution in [3.63, 3.8) is 0 Å². The molecule has 0 aromatic heterocycles. The largest absolute Gasteiger partial charge is 0.332 e. The van der Waals surface area contributed by atoms with E-state index in [1.54, 1.807) is 0 Å². The van der Waals surface area contributed by atoms with Crippen molar-refractivity contribution in [2.75, 3.05) is 6.54 Å². The van der Waals surface area contributed by atoms with Crippen LogP contribution < -0.4 is 0 Å². The van der Waals surface area contributed by atoms with Crippen molar-refractivity contribution >= 4 is 11.7 Å². The Hall–Kier alpha value is -1.00.